The van der Waals surface area contributed by atoms with Crippen molar-refractivity contribution in [1.82, 2.24) is 0 Å². The van der Waals surface area contributed by atoms with Crippen LogP contribution in [0.15, 0.2) is 45.5 Å². The molecule has 0 aromatic heterocycles. The maximum absolute atomic E-state index is 10.5. The van der Waals surface area contributed by atoms with E-state index in [1.807, 2.05) is 6.08 Å². The molecule has 0 heterocycles. The van der Waals surface area contributed by atoms with Crippen molar-refractivity contribution in [3.63, 3.8) is 0 Å². The Labute approximate surface area is 325 Å². The highest BCUT2D eigenvalue weighted by Crippen LogP contribution is 2.50. The lowest BCUT2D eigenvalue weighted by atomic mass is 9.80. The molecule has 0 aliphatic heterocycles. The summed E-state index contributed by atoms with van der Waals surface area (Å²) in [5.41, 5.74) is 0. The Balaban J connectivity index is 2.13. The zero-order valence-corrected chi connectivity index (χ0v) is 33.9. The maximum atomic E-state index is 10.5. The molecular weight excluding hydrogens is 710 g/mol. The summed E-state index contributed by atoms with van der Waals surface area (Å²) in [6.45, 7) is 0. The van der Waals surface area contributed by atoms with Crippen LogP contribution in [0, 0.1) is 5.92 Å². The normalized spacial score (nSPS) is 18.1. The fourth-order valence-corrected chi connectivity index (χ4v) is 8.04. The SMILES string of the molecule is O=C(O)CCCCCCC/C=C\CCCCCCCCC1C=C(Cl)C(Cl)=C(Cl)C1(Cl)CCCCCCCC/C=C\CCCCCCCC(=O)O. The topological polar surface area (TPSA) is 74.6 Å². The van der Waals surface area contributed by atoms with Gasteiger partial charge in [-0.1, -0.05) is 168 Å². The number of rotatable bonds is 34. The molecule has 4 nitrogen and oxygen atoms in total. The first kappa shape index (κ1) is 47.1. The Morgan fingerprint density at radius 3 is 1.28 bits per heavy atom. The number of hydrogen-bond donors (Lipinski definition) is 2. The molecule has 2 atom stereocenters. The Bertz CT molecular complexity index is 1020. The van der Waals surface area contributed by atoms with E-state index in [0.717, 1.165) is 96.3 Å². The van der Waals surface area contributed by atoms with Crippen molar-refractivity contribution in [3.05, 3.63) is 45.5 Å². The zero-order valence-electron chi connectivity index (χ0n) is 30.9. The van der Waals surface area contributed by atoms with E-state index in [2.05, 4.69) is 24.3 Å². The van der Waals surface area contributed by atoms with E-state index in [1.165, 1.54) is 83.5 Å². The molecule has 0 spiro atoms. The number of unbranched alkanes of at least 4 members (excludes halogenated alkanes) is 22. The fraction of sp³-hybridized carbons (Fsp3) is 0.762. The molecule has 0 aromatic rings. The van der Waals surface area contributed by atoms with Crippen LogP contribution in [-0.2, 0) is 9.59 Å². The minimum Gasteiger partial charge on any atom is -0.481 e. The first-order chi connectivity index (χ1) is 24.2. The number of aliphatic carboxylic acids is 2. The van der Waals surface area contributed by atoms with Crippen LogP contribution in [0.3, 0.4) is 0 Å². The van der Waals surface area contributed by atoms with E-state index in [1.54, 1.807) is 0 Å². The van der Waals surface area contributed by atoms with Crippen molar-refractivity contribution in [1.29, 1.82) is 0 Å². The summed E-state index contributed by atoms with van der Waals surface area (Å²) in [6, 6.07) is 0. The average molecular weight is 779 g/mol. The largest absolute Gasteiger partial charge is 0.481 e. The van der Waals surface area contributed by atoms with Crippen LogP contribution in [-0.4, -0.2) is 27.0 Å². The van der Waals surface area contributed by atoms with Crippen LogP contribution in [0.25, 0.3) is 0 Å². The first-order valence-corrected chi connectivity index (χ1v) is 21.6. The summed E-state index contributed by atoms with van der Waals surface area (Å²) in [5, 5.41) is 18.8. The van der Waals surface area contributed by atoms with Crippen molar-refractivity contribution >= 4 is 58.3 Å². The molecule has 1 aliphatic rings. The molecule has 0 saturated carbocycles. The molecule has 0 saturated heterocycles. The average Bonchev–Trinajstić information content (AvgIpc) is 3.08. The molecule has 0 aromatic carbocycles. The van der Waals surface area contributed by atoms with Crippen LogP contribution in [0.2, 0.25) is 0 Å². The fourth-order valence-electron chi connectivity index (χ4n) is 6.73. The van der Waals surface area contributed by atoms with Gasteiger partial charge < -0.3 is 10.2 Å². The minimum absolute atomic E-state index is 0.102. The van der Waals surface area contributed by atoms with E-state index in [9.17, 15) is 9.59 Å². The smallest absolute Gasteiger partial charge is 0.303 e. The van der Waals surface area contributed by atoms with Crippen LogP contribution in [0.5, 0.6) is 0 Å². The highest BCUT2D eigenvalue weighted by molar-refractivity contribution is 6.51. The van der Waals surface area contributed by atoms with E-state index < -0.39 is 16.8 Å². The van der Waals surface area contributed by atoms with Crippen molar-refractivity contribution in [2.24, 2.45) is 5.92 Å². The number of alkyl halides is 1. The number of allylic oxidation sites excluding steroid dienone is 8. The molecule has 2 N–H and O–H groups in total. The quantitative estimate of drug-likeness (QED) is 0.0388. The van der Waals surface area contributed by atoms with E-state index in [-0.39, 0.29) is 5.92 Å². The van der Waals surface area contributed by atoms with Gasteiger partial charge in [-0.15, -0.1) is 11.6 Å². The van der Waals surface area contributed by atoms with Crippen molar-refractivity contribution in [2.75, 3.05) is 0 Å². The zero-order chi connectivity index (χ0) is 36.7. The molecule has 0 radical (unpaired) electrons. The summed E-state index contributed by atoms with van der Waals surface area (Å²) >= 11 is 27.0. The second-order valence-corrected chi connectivity index (χ2v) is 16.2. The Kier molecular flexibility index (Phi) is 29.7. The molecule has 2 unspecified atom stereocenters. The van der Waals surface area contributed by atoms with Crippen LogP contribution in [0.1, 0.15) is 193 Å². The Morgan fingerprint density at radius 2 is 0.880 bits per heavy atom. The Morgan fingerprint density at radius 1 is 0.540 bits per heavy atom. The number of carboxylic acids is 2. The summed E-state index contributed by atoms with van der Waals surface area (Å²) in [5.74, 6) is -1.27. The monoisotopic (exact) mass is 776 g/mol. The lowest BCUT2D eigenvalue weighted by molar-refractivity contribution is -0.138. The van der Waals surface area contributed by atoms with Crippen LogP contribution < -0.4 is 0 Å². The molecule has 288 valence electrons. The van der Waals surface area contributed by atoms with Crippen LogP contribution >= 0.6 is 46.4 Å². The van der Waals surface area contributed by atoms with Gasteiger partial charge in [-0.25, -0.2) is 0 Å². The van der Waals surface area contributed by atoms with Gasteiger partial charge in [0.1, 0.15) is 0 Å². The second-order valence-electron chi connectivity index (χ2n) is 14.3. The van der Waals surface area contributed by atoms with Gasteiger partial charge in [0, 0.05) is 18.8 Å². The molecule has 1 aliphatic carbocycles. The van der Waals surface area contributed by atoms with E-state index in [0.29, 0.717) is 27.9 Å². The second kappa shape index (κ2) is 31.6. The van der Waals surface area contributed by atoms with Gasteiger partial charge in [0.25, 0.3) is 0 Å². The third-order valence-corrected chi connectivity index (χ3v) is 12.0. The van der Waals surface area contributed by atoms with Gasteiger partial charge in [-0.3, -0.25) is 9.59 Å². The number of carboxylic acid groups (broad SMARTS) is 2. The number of carbonyl (C=O) groups is 2. The highest BCUT2D eigenvalue weighted by Gasteiger charge is 2.42. The molecule has 0 bridgehead atoms. The maximum Gasteiger partial charge on any atom is 0.303 e. The highest BCUT2D eigenvalue weighted by atomic mass is 35.5. The van der Waals surface area contributed by atoms with Crippen molar-refractivity contribution in [2.45, 2.75) is 197 Å². The first-order valence-electron chi connectivity index (χ1n) is 20.0. The van der Waals surface area contributed by atoms with E-state index >= 15 is 0 Å². The van der Waals surface area contributed by atoms with Gasteiger partial charge in [0.15, 0.2) is 0 Å². The summed E-state index contributed by atoms with van der Waals surface area (Å²) < 4.78 is 0. The van der Waals surface area contributed by atoms with Gasteiger partial charge >= 0.3 is 11.9 Å². The van der Waals surface area contributed by atoms with Gasteiger partial charge in [0.2, 0.25) is 0 Å². The standard InChI is InChI=1S/C42H68Cl4O4/c43-37-35-36(31-27-23-19-15-11-7-3-1-4-8-12-16-20-24-28-32-38(47)48)42(46,41(45)40(37)44)34-30-26-22-18-14-10-6-2-5-9-13-17-21-25-29-33-39(49)50/h1-2,4-5,35-36H,3,6-34H2,(H,47,48)(H,49,50)/b4-1-,5-2-. The predicted octanol–water partition coefficient (Wildman–Crippen LogP) is 15.4. The lowest BCUT2D eigenvalue weighted by Gasteiger charge is -2.37. The Hall–Kier alpha value is -0.940. The summed E-state index contributed by atoms with van der Waals surface area (Å²) in [6.07, 6.45) is 43.4. The van der Waals surface area contributed by atoms with Gasteiger partial charge in [-0.2, -0.15) is 0 Å². The summed E-state index contributed by atoms with van der Waals surface area (Å²) in [4.78, 5) is 20.4. The number of hydrogen-bond acceptors (Lipinski definition) is 2. The van der Waals surface area contributed by atoms with Crippen molar-refractivity contribution in [3.8, 4) is 0 Å². The lowest BCUT2D eigenvalue weighted by Crippen LogP contribution is -2.34. The van der Waals surface area contributed by atoms with Crippen LogP contribution in [0.4, 0.5) is 0 Å². The van der Waals surface area contributed by atoms with E-state index in [4.69, 9.17) is 56.6 Å². The number of halogens is 4. The third kappa shape index (κ3) is 24.3. The summed E-state index contributed by atoms with van der Waals surface area (Å²) in [7, 11) is 0. The van der Waals surface area contributed by atoms with Gasteiger partial charge in [0.05, 0.1) is 20.0 Å². The van der Waals surface area contributed by atoms with Crippen molar-refractivity contribution < 1.29 is 19.8 Å². The molecule has 0 amide bonds. The third-order valence-electron chi connectivity index (χ3n) is 9.86. The molecule has 50 heavy (non-hydrogen) atoms. The van der Waals surface area contributed by atoms with Gasteiger partial charge in [-0.05, 0) is 77.0 Å². The molecule has 0 fully saturated rings. The minimum atomic E-state index is -0.687. The molecular formula is C42H68Cl4O4. The molecule has 8 heteroatoms. The predicted molar refractivity (Wildman–Crippen MR) is 217 cm³/mol. The molecule has 1 rings (SSSR count).